The molecule has 2 heterocycles. The number of benzene rings is 1. The summed E-state index contributed by atoms with van der Waals surface area (Å²) in [6.45, 7) is 6.97. The van der Waals surface area contributed by atoms with E-state index in [4.69, 9.17) is 14.2 Å². The predicted octanol–water partition coefficient (Wildman–Crippen LogP) is 1.40. The number of hydrogen-bond donors (Lipinski definition) is 2. The normalized spacial score (nSPS) is 14.4. The topological polar surface area (TPSA) is 119 Å². The molecule has 0 saturated carbocycles. The molecule has 0 aliphatic carbocycles. The monoisotopic (exact) mass is 456 g/mol. The van der Waals surface area contributed by atoms with Gasteiger partial charge in [0.1, 0.15) is 5.69 Å². The van der Waals surface area contributed by atoms with Gasteiger partial charge in [-0.1, -0.05) is 0 Å². The van der Waals surface area contributed by atoms with Crippen molar-refractivity contribution >= 4 is 32.4 Å². The van der Waals surface area contributed by atoms with E-state index in [2.05, 4.69) is 15.2 Å². The Morgan fingerprint density at radius 2 is 1.90 bits per heavy atom. The van der Waals surface area contributed by atoms with Gasteiger partial charge in [0.2, 0.25) is 0 Å². The first-order valence-electron chi connectivity index (χ1n) is 9.44. The van der Waals surface area contributed by atoms with E-state index < -0.39 is 15.9 Å². The van der Waals surface area contributed by atoms with Crippen molar-refractivity contribution in [3.63, 3.8) is 0 Å². The maximum absolute atomic E-state index is 12.6. The second kappa shape index (κ2) is 10.1. The van der Waals surface area contributed by atoms with Gasteiger partial charge >= 0.3 is 0 Å². The highest BCUT2D eigenvalue weighted by Crippen LogP contribution is 2.30. The molecule has 2 N–H and O–H groups in total. The fourth-order valence-electron chi connectivity index (χ4n) is 2.70. The first kappa shape index (κ1) is 22.3. The van der Waals surface area contributed by atoms with Crippen molar-refractivity contribution < 1.29 is 27.4 Å². The smallest absolute Gasteiger partial charge is 0.285 e. The number of aromatic nitrogens is 1. The highest BCUT2D eigenvalue weighted by molar-refractivity contribution is 7.89. The zero-order chi connectivity index (χ0) is 21.6. The number of carbonyl (C=O) groups is 1. The van der Waals surface area contributed by atoms with Crippen molar-refractivity contribution in [2.45, 2.75) is 18.7 Å². The minimum Gasteiger partial charge on any atom is -0.490 e. The zero-order valence-electron chi connectivity index (χ0n) is 16.7. The van der Waals surface area contributed by atoms with Crippen molar-refractivity contribution in [3.05, 3.63) is 29.3 Å². The highest BCUT2D eigenvalue weighted by Gasteiger charge is 2.21. The second-order valence-electron chi connectivity index (χ2n) is 6.15. The van der Waals surface area contributed by atoms with Gasteiger partial charge in [-0.2, -0.15) is 0 Å². The third-order valence-corrected chi connectivity index (χ3v) is 6.28. The van der Waals surface area contributed by atoms with Crippen LogP contribution in [0, 0.1) is 0 Å². The molecule has 12 heteroatoms. The maximum atomic E-state index is 12.6. The van der Waals surface area contributed by atoms with Crippen molar-refractivity contribution in [1.29, 1.82) is 0 Å². The van der Waals surface area contributed by atoms with E-state index >= 15 is 0 Å². The molecule has 1 saturated heterocycles. The Balaban J connectivity index is 1.66. The standard InChI is InChI=1S/C18H24N4O6S2/c1-3-27-15-6-5-13(11-16(15)28-4-2)30(24,25)21-20-17(23)14-12-29-18(19-14)22-7-9-26-10-8-22/h5-6,11-12,21H,3-4,7-10H2,1-2H3,(H,20,23). The molecule has 1 aromatic carbocycles. The van der Waals surface area contributed by atoms with Gasteiger partial charge in [0, 0.05) is 24.5 Å². The number of hydrazine groups is 1. The summed E-state index contributed by atoms with van der Waals surface area (Å²) in [6.07, 6.45) is 0. The molecule has 2 aromatic rings. The third-order valence-electron chi connectivity index (χ3n) is 4.13. The van der Waals surface area contributed by atoms with Crippen LogP contribution in [0.1, 0.15) is 24.3 Å². The molecule has 0 radical (unpaired) electrons. The minimum absolute atomic E-state index is 0.0676. The van der Waals surface area contributed by atoms with Crippen molar-refractivity contribution in [1.82, 2.24) is 15.2 Å². The molecule has 164 valence electrons. The number of nitrogens with zero attached hydrogens (tertiary/aromatic N) is 2. The number of carbonyl (C=O) groups excluding carboxylic acids is 1. The lowest BCUT2D eigenvalue weighted by atomic mass is 10.3. The summed E-state index contributed by atoms with van der Waals surface area (Å²) in [6, 6.07) is 4.24. The van der Waals surface area contributed by atoms with Crippen molar-refractivity contribution in [2.75, 3.05) is 44.4 Å². The summed E-state index contributed by atoms with van der Waals surface area (Å²) in [7, 11) is -4.02. The zero-order valence-corrected chi connectivity index (χ0v) is 18.3. The molecule has 0 spiro atoms. The molecule has 3 rings (SSSR count). The lowest BCUT2D eigenvalue weighted by Gasteiger charge is -2.25. The van der Waals surface area contributed by atoms with Gasteiger partial charge in [-0.15, -0.1) is 16.2 Å². The van der Waals surface area contributed by atoms with E-state index in [-0.39, 0.29) is 10.6 Å². The molecule has 1 amide bonds. The average Bonchev–Trinajstić information content (AvgIpc) is 3.25. The predicted molar refractivity (Wildman–Crippen MR) is 112 cm³/mol. The van der Waals surface area contributed by atoms with Crippen LogP contribution in [0.4, 0.5) is 5.13 Å². The first-order valence-corrected chi connectivity index (χ1v) is 11.8. The van der Waals surface area contributed by atoms with E-state index in [1.54, 1.807) is 12.3 Å². The van der Waals surface area contributed by atoms with Crippen LogP contribution in [0.5, 0.6) is 11.5 Å². The fraction of sp³-hybridized carbons (Fsp3) is 0.444. The largest absolute Gasteiger partial charge is 0.490 e. The van der Waals surface area contributed by atoms with Gasteiger partial charge in [-0.05, 0) is 26.0 Å². The Morgan fingerprint density at radius 3 is 2.60 bits per heavy atom. The van der Waals surface area contributed by atoms with Crippen LogP contribution < -0.4 is 24.6 Å². The van der Waals surface area contributed by atoms with Gasteiger partial charge in [0.05, 0.1) is 31.3 Å². The Bertz CT molecular complexity index is 973. The first-order chi connectivity index (χ1) is 14.4. The summed E-state index contributed by atoms with van der Waals surface area (Å²) < 4.78 is 41.4. The van der Waals surface area contributed by atoms with Gasteiger partial charge in [-0.25, -0.2) is 13.4 Å². The van der Waals surface area contributed by atoms with Crippen LogP contribution in [0.2, 0.25) is 0 Å². The van der Waals surface area contributed by atoms with E-state index in [1.165, 1.54) is 29.5 Å². The number of thiazole rings is 1. The summed E-state index contributed by atoms with van der Waals surface area (Å²) in [5.41, 5.74) is 2.33. The number of nitrogens with one attached hydrogen (secondary N) is 2. The van der Waals surface area contributed by atoms with E-state index in [9.17, 15) is 13.2 Å². The summed E-state index contributed by atoms with van der Waals surface area (Å²) in [4.78, 5) is 20.7. The Kier molecular flexibility index (Phi) is 7.48. The highest BCUT2D eigenvalue weighted by atomic mass is 32.2. The van der Waals surface area contributed by atoms with Gasteiger partial charge < -0.3 is 19.1 Å². The van der Waals surface area contributed by atoms with Gasteiger partial charge in [0.25, 0.3) is 15.9 Å². The van der Waals surface area contributed by atoms with Crippen LogP contribution in [0.15, 0.2) is 28.5 Å². The molecule has 1 aliphatic heterocycles. The number of sulfonamides is 1. The minimum atomic E-state index is -4.02. The Hall–Kier alpha value is -2.41. The number of amides is 1. The molecule has 0 bridgehead atoms. The van der Waals surface area contributed by atoms with Gasteiger partial charge in [0.15, 0.2) is 16.6 Å². The molecule has 1 aromatic heterocycles. The number of hydrogen-bond acceptors (Lipinski definition) is 9. The Labute approximate surface area is 179 Å². The second-order valence-corrected chi connectivity index (χ2v) is 8.67. The summed E-state index contributed by atoms with van der Waals surface area (Å²) >= 11 is 1.32. The van der Waals surface area contributed by atoms with Crippen LogP contribution in [-0.4, -0.2) is 58.8 Å². The molecule has 30 heavy (non-hydrogen) atoms. The lowest BCUT2D eigenvalue weighted by molar-refractivity contribution is 0.0940. The quantitative estimate of drug-likeness (QED) is 0.544. The van der Waals surface area contributed by atoms with E-state index in [1.807, 2.05) is 11.8 Å². The van der Waals surface area contributed by atoms with Crippen molar-refractivity contribution in [2.24, 2.45) is 0 Å². The summed E-state index contributed by atoms with van der Waals surface area (Å²) in [5.74, 6) is 0.106. The molecule has 0 atom stereocenters. The Morgan fingerprint density at radius 1 is 1.20 bits per heavy atom. The average molecular weight is 457 g/mol. The van der Waals surface area contributed by atoms with Crippen molar-refractivity contribution in [3.8, 4) is 11.5 Å². The third kappa shape index (κ3) is 5.39. The number of morpholine rings is 1. The maximum Gasteiger partial charge on any atom is 0.285 e. The molecule has 0 unspecified atom stereocenters. The number of ether oxygens (including phenoxy) is 3. The molecule has 1 fully saturated rings. The fourth-order valence-corrected chi connectivity index (χ4v) is 4.42. The molecular formula is C18H24N4O6S2. The summed E-state index contributed by atoms with van der Waals surface area (Å²) in [5, 5.41) is 2.28. The SMILES string of the molecule is CCOc1ccc(S(=O)(=O)NNC(=O)c2csc(N3CCOCC3)n2)cc1OCC. The lowest BCUT2D eigenvalue weighted by Crippen LogP contribution is -2.41. The molecular weight excluding hydrogens is 432 g/mol. The van der Waals surface area contributed by atoms with Crippen LogP contribution in [0.3, 0.4) is 0 Å². The van der Waals surface area contributed by atoms with Gasteiger partial charge in [-0.3, -0.25) is 10.2 Å². The molecule has 1 aliphatic rings. The van der Waals surface area contributed by atoms with E-state index in [0.29, 0.717) is 56.1 Å². The van der Waals surface area contributed by atoms with E-state index in [0.717, 1.165) is 0 Å². The number of rotatable bonds is 9. The molecule has 10 nitrogen and oxygen atoms in total. The number of anilines is 1. The van der Waals surface area contributed by atoms with Crippen LogP contribution >= 0.6 is 11.3 Å². The van der Waals surface area contributed by atoms with Crippen LogP contribution in [0.25, 0.3) is 0 Å². The van der Waals surface area contributed by atoms with Crippen LogP contribution in [-0.2, 0) is 14.8 Å².